The SMILES string of the molecule is Cc1cccc(N(C)CC2C[C@H]2C)n1. The normalized spacial score (nSPS) is 24.8. The first kappa shape index (κ1) is 9.50. The highest BCUT2D eigenvalue weighted by Crippen LogP contribution is 2.38. The molecule has 1 aliphatic carbocycles. The van der Waals surface area contributed by atoms with Crippen LogP contribution >= 0.6 is 0 Å². The van der Waals surface area contributed by atoms with Crippen LogP contribution in [0.4, 0.5) is 5.82 Å². The van der Waals surface area contributed by atoms with Gasteiger partial charge in [-0.1, -0.05) is 13.0 Å². The lowest BCUT2D eigenvalue weighted by atomic mass is 10.3. The molecule has 0 saturated heterocycles. The Labute approximate surface area is 86.0 Å². The number of aryl methyl sites for hydroxylation is 1. The first-order valence-electron chi connectivity index (χ1n) is 5.31. The Kier molecular flexibility index (Phi) is 2.44. The first-order chi connectivity index (χ1) is 6.66. The van der Waals surface area contributed by atoms with Crippen molar-refractivity contribution in [2.75, 3.05) is 18.5 Å². The molecule has 1 unspecified atom stereocenters. The molecular formula is C12H18N2. The zero-order chi connectivity index (χ0) is 10.1. The van der Waals surface area contributed by atoms with E-state index in [1.807, 2.05) is 13.0 Å². The molecule has 1 fully saturated rings. The second-order valence-electron chi connectivity index (χ2n) is 4.49. The topological polar surface area (TPSA) is 16.1 Å². The van der Waals surface area contributed by atoms with E-state index in [1.54, 1.807) is 0 Å². The van der Waals surface area contributed by atoms with Gasteiger partial charge in [0.15, 0.2) is 0 Å². The van der Waals surface area contributed by atoms with Crippen LogP contribution in [0.3, 0.4) is 0 Å². The number of hydrogen-bond donors (Lipinski definition) is 0. The summed E-state index contributed by atoms with van der Waals surface area (Å²) >= 11 is 0. The molecular weight excluding hydrogens is 172 g/mol. The summed E-state index contributed by atoms with van der Waals surface area (Å²) < 4.78 is 0. The smallest absolute Gasteiger partial charge is 0.128 e. The van der Waals surface area contributed by atoms with Gasteiger partial charge in [0.25, 0.3) is 0 Å². The third kappa shape index (κ3) is 2.06. The molecule has 0 amide bonds. The second-order valence-corrected chi connectivity index (χ2v) is 4.49. The zero-order valence-electron chi connectivity index (χ0n) is 9.20. The van der Waals surface area contributed by atoms with Gasteiger partial charge in [-0.05, 0) is 37.3 Å². The molecule has 76 valence electrons. The van der Waals surface area contributed by atoms with Crippen molar-refractivity contribution < 1.29 is 0 Å². The molecule has 0 aliphatic heterocycles. The van der Waals surface area contributed by atoms with Crippen LogP contribution in [-0.2, 0) is 0 Å². The average Bonchev–Trinajstić information content (AvgIpc) is 2.81. The third-order valence-electron chi connectivity index (χ3n) is 3.05. The Balaban J connectivity index is 2.00. The van der Waals surface area contributed by atoms with Crippen molar-refractivity contribution in [3.8, 4) is 0 Å². The average molecular weight is 190 g/mol. The second kappa shape index (κ2) is 3.60. The van der Waals surface area contributed by atoms with Gasteiger partial charge in [-0.25, -0.2) is 4.98 Å². The largest absolute Gasteiger partial charge is 0.359 e. The fraction of sp³-hybridized carbons (Fsp3) is 0.583. The van der Waals surface area contributed by atoms with Crippen LogP contribution in [0.15, 0.2) is 18.2 Å². The molecule has 2 rings (SSSR count). The maximum Gasteiger partial charge on any atom is 0.128 e. The molecule has 1 heterocycles. The Hall–Kier alpha value is -1.05. The summed E-state index contributed by atoms with van der Waals surface area (Å²) in [5.74, 6) is 2.91. The molecule has 0 spiro atoms. The molecule has 1 saturated carbocycles. The summed E-state index contributed by atoms with van der Waals surface area (Å²) in [5.41, 5.74) is 1.10. The third-order valence-corrected chi connectivity index (χ3v) is 3.05. The van der Waals surface area contributed by atoms with Crippen LogP contribution in [0, 0.1) is 18.8 Å². The minimum atomic E-state index is 0.891. The summed E-state index contributed by atoms with van der Waals surface area (Å²) in [4.78, 5) is 6.77. The quantitative estimate of drug-likeness (QED) is 0.728. The summed E-state index contributed by atoms with van der Waals surface area (Å²) in [6.45, 7) is 5.51. The van der Waals surface area contributed by atoms with E-state index in [2.05, 4.69) is 36.0 Å². The molecule has 0 bridgehead atoms. The molecule has 2 heteroatoms. The van der Waals surface area contributed by atoms with E-state index < -0.39 is 0 Å². The van der Waals surface area contributed by atoms with Crippen LogP contribution in [0.1, 0.15) is 19.0 Å². The summed E-state index contributed by atoms with van der Waals surface area (Å²) in [7, 11) is 2.13. The van der Waals surface area contributed by atoms with Gasteiger partial charge in [0.2, 0.25) is 0 Å². The molecule has 1 aliphatic rings. The van der Waals surface area contributed by atoms with Gasteiger partial charge in [-0.3, -0.25) is 0 Å². The number of nitrogens with zero attached hydrogens (tertiary/aromatic N) is 2. The lowest BCUT2D eigenvalue weighted by Gasteiger charge is -2.18. The number of aromatic nitrogens is 1. The van der Waals surface area contributed by atoms with Gasteiger partial charge in [0.05, 0.1) is 0 Å². The fourth-order valence-corrected chi connectivity index (χ4v) is 1.84. The number of rotatable bonds is 3. The lowest BCUT2D eigenvalue weighted by molar-refractivity contribution is 0.719. The van der Waals surface area contributed by atoms with E-state index in [0.29, 0.717) is 0 Å². The van der Waals surface area contributed by atoms with E-state index in [9.17, 15) is 0 Å². The predicted octanol–water partition coefficient (Wildman–Crippen LogP) is 2.48. The van der Waals surface area contributed by atoms with E-state index in [0.717, 1.165) is 29.9 Å². The Morgan fingerprint density at radius 3 is 2.79 bits per heavy atom. The molecule has 0 N–H and O–H groups in total. The van der Waals surface area contributed by atoms with Crippen LogP contribution in [0.5, 0.6) is 0 Å². The number of pyridine rings is 1. The number of hydrogen-bond acceptors (Lipinski definition) is 2. The van der Waals surface area contributed by atoms with Gasteiger partial charge in [0.1, 0.15) is 5.82 Å². The Morgan fingerprint density at radius 2 is 2.21 bits per heavy atom. The molecule has 2 nitrogen and oxygen atoms in total. The van der Waals surface area contributed by atoms with Crippen LogP contribution in [-0.4, -0.2) is 18.6 Å². The highest BCUT2D eigenvalue weighted by molar-refractivity contribution is 5.38. The van der Waals surface area contributed by atoms with E-state index in [4.69, 9.17) is 0 Å². The van der Waals surface area contributed by atoms with E-state index in [-0.39, 0.29) is 0 Å². The molecule has 0 radical (unpaired) electrons. The lowest BCUT2D eigenvalue weighted by Crippen LogP contribution is -2.21. The Bertz CT molecular complexity index is 322. The molecule has 14 heavy (non-hydrogen) atoms. The summed E-state index contributed by atoms with van der Waals surface area (Å²) in [6, 6.07) is 6.20. The molecule has 2 atom stereocenters. The highest BCUT2D eigenvalue weighted by atomic mass is 15.2. The van der Waals surface area contributed by atoms with Gasteiger partial charge in [-0.2, -0.15) is 0 Å². The Morgan fingerprint density at radius 1 is 1.50 bits per heavy atom. The van der Waals surface area contributed by atoms with Crippen LogP contribution in [0.25, 0.3) is 0 Å². The highest BCUT2D eigenvalue weighted by Gasteiger charge is 2.33. The predicted molar refractivity (Wildman–Crippen MR) is 59.5 cm³/mol. The monoisotopic (exact) mass is 190 g/mol. The first-order valence-corrected chi connectivity index (χ1v) is 5.31. The van der Waals surface area contributed by atoms with Crippen molar-refractivity contribution in [2.24, 2.45) is 11.8 Å². The molecule has 1 aromatic rings. The summed E-state index contributed by atoms with van der Waals surface area (Å²) in [5, 5.41) is 0. The van der Waals surface area contributed by atoms with Gasteiger partial charge >= 0.3 is 0 Å². The van der Waals surface area contributed by atoms with Crippen molar-refractivity contribution in [3.05, 3.63) is 23.9 Å². The van der Waals surface area contributed by atoms with E-state index >= 15 is 0 Å². The van der Waals surface area contributed by atoms with Crippen molar-refractivity contribution in [3.63, 3.8) is 0 Å². The fourth-order valence-electron chi connectivity index (χ4n) is 1.84. The van der Waals surface area contributed by atoms with Crippen molar-refractivity contribution >= 4 is 5.82 Å². The molecule has 1 aromatic heterocycles. The summed E-state index contributed by atoms with van der Waals surface area (Å²) in [6.07, 6.45) is 1.39. The van der Waals surface area contributed by atoms with Crippen LogP contribution in [0.2, 0.25) is 0 Å². The van der Waals surface area contributed by atoms with Crippen molar-refractivity contribution in [2.45, 2.75) is 20.3 Å². The maximum atomic E-state index is 4.50. The van der Waals surface area contributed by atoms with Crippen LogP contribution < -0.4 is 4.90 Å². The van der Waals surface area contributed by atoms with Gasteiger partial charge < -0.3 is 4.90 Å². The number of anilines is 1. The molecule has 0 aromatic carbocycles. The van der Waals surface area contributed by atoms with Gasteiger partial charge in [0, 0.05) is 19.3 Å². The zero-order valence-corrected chi connectivity index (χ0v) is 9.20. The minimum absolute atomic E-state index is 0.891. The minimum Gasteiger partial charge on any atom is -0.359 e. The standard InChI is InChI=1S/C12H18N2/c1-9-7-11(9)8-14(3)12-6-4-5-10(2)13-12/h4-6,9,11H,7-8H2,1-3H3/t9-,11?/m1/s1. The maximum absolute atomic E-state index is 4.50. The van der Waals surface area contributed by atoms with Gasteiger partial charge in [-0.15, -0.1) is 0 Å². The van der Waals surface area contributed by atoms with Crippen molar-refractivity contribution in [1.82, 2.24) is 4.98 Å². The van der Waals surface area contributed by atoms with Crippen molar-refractivity contribution in [1.29, 1.82) is 0 Å². The van der Waals surface area contributed by atoms with E-state index in [1.165, 1.54) is 6.42 Å².